The fourth-order valence-electron chi connectivity index (χ4n) is 2.23. The molecule has 4 heteroatoms. The van der Waals surface area contributed by atoms with Gasteiger partial charge in [0.05, 0.1) is 0 Å². The second-order valence-corrected chi connectivity index (χ2v) is 3.97. The number of hydrogen-bond acceptors (Lipinski definition) is 3. The molecule has 15 heavy (non-hydrogen) atoms. The molecule has 1 aromatic heterocycles. The zero-order valence-corrected chi connectivity index (χ0v) is 8.52. The van der Waals surface area contributed by atoms with Crippen LogP contribution in [-0.4, -0.2) is 21.0 Å². The smallest absolute Gasteiger partial charge is 0.354 e. The molecule has 1 aromatic rings. The Bertz CT molecular complexity index is 359. The van der Waals surface area contributed by atoms with Crippen molar-refractivity contribution in [2.24, 2.45) is 0 Å². The molecule has 2 rings (SSSR count). The van der Waals surface area contributed by atoms with E-state index in [4.69, 9.17) is 5.11 Å². The largest absolute Gasteiger partial charge is 0.477 e. The first-order valence-corrected chi connectivity index (χ1v) is 5.32. The number of rotatable bonds is 2. The van der Waals surface area contributed by atoms with Gasteiger partial charge in [0.1, 0.15) is 6.33 Å². The number of carboxylic acid groups (broad SMARTS) is 1. The highest BCUT2D eigenvalue weighted by molar-refractivity contribution is 5.87. The number of aromatic nitrogens is 2. The molecule has 4 nitrogen and oxygen atoms in total. The van der Waals surface area contributed by atoms with E-state index in [1.165, 1.54) is 25.6 Å². The molecule has 0 unspecified atom stereocenters. The predicted octanol–water partition coefficient (Wildman–Crippen LogP) is 2.22. The van der Waals surface area contributed by atoms with Crippen LogP contribution < -0.4 is 0 Å². The summed E-state index contributed by atoms with van der Waals surface area (Å²) in [6.07, 6.45) is 8.70. The Morgan fingerprint density at radius 2 is 2.07 bits per heavy atom. The van der Waals surface area contributed by atoms with Gasteiger partial charge in [-0.1, -0.05) is 19.3 Å². The second kappa shape index (κ2) is 4.38. The lowest BCUT2D eigenvalue weighted by atomic mass is 9.84. The Labute approximate surface area is 88.4 Å². The van der Waals surface area contributed by atoms with Crippen molar-refractivity contribution >= 4 is 5.97 Å². The molecule has 1 heterocycles. The van der Waals surface area contributed by atoms with Gasteiger partial charge in [0.15, 0.2) is 5.69 Å². The summed E-state index contributed by atoms with van der Waals surface area (Å²) in [5.41, 5.74) is 0.988. The summed E-state index contributed by atoms with van der Waals surface area (Å²) in [5, 5.41) is 9.01. The summed E-state index contributed by atoms with van der Waals surface area (Å²) >= 11 is 0. The van der Waals surface area contributed by atoms with Gasteiger partial charge in [0, 0.05) is 11.8 Å². The molecule has 0 aromatic carbocycles. The van der Waals surface area contributed by atoms with Gasteiger partial charge in [0.2, 0.25) is 0 Å². The van der Waals surface area contributed by atoms with E-state index in [1.807, 2.05) is 0 Å². The highest BCUT2D eigenvalue weighted by atomic mass is 16.4. The third kappa shape index (κ3) is 2.14. The Balaban J connectivity index is 2.29. The molecule has 1 saturated carbocycles. The number of nitrogens with zero attached hydrogens (tertiary/aromatic N) is 2. The summed E-state index contributed by atoms with van der Waals surface area (Å²) < 4.78 is 0. The zero-order valence-electron chi connectivity index (χ0n) is 8.52. The highest BCUT2D eigenvalue weighted by Crippen LogP contribution is 2.33. The molecule has 1 N–H and O–H groups in total. The van der Waals surface area contributed by atoms with Gasteiger partial charge in [-0.2, -0.15) is 0 Å². The fraction of sp³-hybridized carbons (Fsp3) is 0.545. The normalized spacial score (nSPS) is 17.6. The van der Waals surface area contributed by atoms with Crippen molar-refractivity contribution in [1.29, 1.82) is 0 Å². The average Bonchev–Trinajstić information content (AvgIpc) is 2.30. The first kappa shape index (κ1) is 10.1. The third-order valence-electron chi connectivity index (χ3n) is 2.99. The molecule has 0 spiro atoms. The van der Waals surface area contributed by atoms with Crippen molar-refractivity contribution < 1.29 is 9.90 Å². The maximum absolute atomic E-state index is 11.0. The van der Waals surface area contributed by atoms with Gasteiger partial charge >= 0.3 is 5.97 Å². The van der Waals surface area contributed by atoms with Crippen LogP contribution in [0.4, 0.5) is 0 Å². The van der Waals surface area contributed by atoms with Gasteiger partial charge in [-0.05, 0) is 18.8 Å². The number of carboxylic acids is 1. The quantitative estimate of drug-likeness (QED) is 0.805. The van der Waals surface area contributed by atoms with Crippen LogP contribution >= 0.6 is 0 Å². The molecule has 0 atom stereocenters. The number of carbonyl (C=O) groups is 1. The van der Waals surface area contributed by atoms with Crippen molar-refractivity contribution in [3.05, 3.63) is 23.8 Å². The van der Waals surface area contributed by atoms with Crippen molar-refractivity contribution in [2.45, 2.75) is 38.0 Å². The monoisotopic (exact) mass is 206 g/mol. The van der Waals surface area contributed by atoms with Crippen LogP contribution in [0.25, 0.3) is 0 Å². The molecule has 0 radical (unpaired) electrons. The van der Waals surface area contributed by atoms with Crippen LogP contribution in [0.15, 0.2) is 12.5 Å². The molecule has 0 aliphatic heterocycles. The minimum absolute atomic E-state index is 0.178. The number of hydrogen-bond donors (Lipinski definition) is 1. The van der Waals surface area contributed by atoms with Gasteiger partial charge < -0.3 is 5.11 Å². The second-order valence-electron chi connectivity index (χ2n) is 3.97. The number of aromatic carboxylic acids is 1. The summed E-state index contributed by atoms with van der Waals surface area (Å²) in [7, 11) is 0. The first-order valence-electron chi connectivity index (χ1n) is 5.32. The lowest BCUT2D eigenvalue weighted by molar-refractivity contribution is 0.0688. The minimum atomic E-state index is -0.946. The lowest BCUT2D eigenvalue weighted by Gasteiger charge is -2.22. The van der Waals surface area contributed by atoms with E-state index >= 15 is 0 Å². The van der Waals surface area contributed by atoms with Gasteiger partial charge in [-0.3, -0.25) is 0 Å². The van der Waals surface area contributed by atoms with Crippen molar-refractivity contribution in [3.63, 3.8) is 0 Å². The Hall–Kier alpha value is -1.45. The highest BCUT2D eigenvalue weighted by Gasteiger charge is 2.22. The third-order valence-corrected chi connectivity index (χ3v) is 2.99. The van der Waals surface area contributed by atoms with Crippen molar-refractivity contribution in [3.8, 4) is 0 Å². The standard InChI is InChI=1S/C11H14N2O2/c14-11(15)10-9(6-12-7-13-10)8-4-2-1-3-5-8/h6-8H,1-5H2,(H,14,15). The van der Waals surface area contributed by atoms with Crippen LogP contribution in [0.2, 0.25) is 0 Å². The summed E-state index contributed by atoms with van der Waals surface area (Å²) in [5.74, 6) is -0.607. The SMILES string of the molecule is O=C(O)c1ncncc1C1CCCCC1. The van der Waals surface area contributed by atoms with E-state index in [0.29, 0.717) is 5.92 Å². The molecule has 0 amide bonds. The van der Waals surface area contributed by atoms with Gasteiger partial charge in [-0.25, -0.2) is 14.8 Å². The molecular formula is C11H14N2O2. The molecule has 0 bridgehead atoms. The molecule has 1 aliphatic rings. The van der Waals surface area contributed by atoms with Gasteiger partial charge in [0.25, 0.3) is 0 Å². The molecule has 0 saturated heterocycles. The van der Waals surface area contributed by atoms with Crippen molar-refractivity contribution in [2.75, 3.05) is 0 Å². The van der Waals surface area contributed by atoms with E-state index in [9.17, 15) is 4.79 Å². The van der Waals surface area contributed by atoms with E-state index in [1.54, 1.807) is 6.20 Å². The van der Waals surface area contributed by atoms with Crippen LogP contribution in [-0.2, 0) is 0 Å². The van der Waals surface area contributed by atoms with E-state index in [-0.39, 0.29) is 5.69 Å². The summed E-state index contributed by atoms with van der Waals surface area (Å²) in [6.45, 7) is 0. The Kier molecular flexibility index (Phi) is 2.94. The van der Waals surface area contributed by atoms with Crippen LogP contribution in [0, 0.1) is 0 Å². The maximum atomic E-state index is 11.0. The average molecular weight is 206 g/mol. The molecule has 1 fully saturated rings. The fourth-order valence-corrected chi connectivity index (χ4v) is 2.23. The summed E-state index contributed by atoms with van der Waals surface area (Å²) in [6, 6.07) is 0. The zero-order chi connectivity index (χ0) is 10.7. The molecule has 80 valence electrons. The van der Waals surface area contributed by atoms with E-state index < -0.39 is 5.97 Å². The first-order chi connectivity index (χ1) is 7.29. The lowest BCUT2D eigenvalue weighted by Crippen LogP contribution is -2.12. The molecule has 1 aliphatic carbocycles. The van der Waals surface area contributed by atoms with Crippen molar-refractivity contribution in [1.82, 2.24) is 9.97 Å². The Morgan fingerprint density at radius 1 is 1.33 bits per heavy atom. The minimum Gasteiger partial charge on any atom is -0.477 e. The Morgan fingerprint density at radius 3 is 2.73 bits per heavy atom. The predicted molar refractivity (Wildman–Crippen MR) is 54.8 cm³/mol. The molecular weight excluding hydrogens is 192 g/mol. The summed E-state index contributed by atoms with van der Waals surface area (Å²) in [4.78, 5) is 18.7. The topological polar surface area (TPSA) is 63.1 Å². The van der Waals surface area contributed by atoms with Crippen LogP contribution in [0.3, 0.4) is 0 Å². The van der Waals surface area contributed by atoms with Crippen LogP contribution in [0.5, 0.6) is 0 Å². The van der Waals surface area contributed by atoms with E-state index in [0.717, 1.165) is 18.4 Å². The maximum Gasteiger partial charge on any atom is 0.354 e. The van der Waals surface area contributed by atoms with Crippen LogP contribution in [0.1, 0.15) is 54.1 Å². The van der Waals surface area contributed by atoms with Gasteiger partial charge in [-0.15, -0.1) is 0 Å². The van der Waals surface area contributed by atoms with E-state index in [2.05, 4.69) is 9.97 Å².